The molecule has 0 fully saturated rings. The van der Waals surface area contributed by atoms with Gasteiger partial charge in [-0.15, -0.1) is 24.0 Å². The van der Waals surface area contributed by atoms with Crippen LogP contribution in [0, 0.1) is 18.3 Å². The standard InChI is InChI=1S/C18H13ClN2.ClH/c1-12-8-16-9-14(11-20)4-7-17(16)21-18(12)15-5-2-13(10-19)3-6-15;/h2-9H,10H2,1H3;1H. The number of fused-ring (bicyclic) bond motifs is 1. The van der Waals surface area contributed by atoms with Crippen molar-refractivity contribution in [2.45, 2.75) is 12.8 Å². The van der Waals surface area contributed by atoms with E-state index in [4.69, 9.17) is 21.8 Å². The topological polar surface area (TPSA) is 36.7 Å². The van der Waals surface area contributed by atoms with E-state index in [9.17, 15) is 0 Å². The number of halogens is 2. The van der Waals surface area contributed by atoms with Gasteiger partial charge in [-0.2, -0.15) is 5.26 Å². The van der Waals surface area contributed by atoms with Crippen LogP contribution in [0.2, 0.25) is 0 Å². The molecule has 2 nitrogen and oxygen atoms in total. The zero-order valence-electron chi connectivity index (χ0n) is 12.0. The molecule has 0 unspecified atom stereocenters. The Balaban J connectivity index is 0.00000176. The van der Waals surface area contributed by atoms with Gasteiger partial charge in [0.25, 0.3) is 0 Å². The first-order valence-electron chi connectivity index (χ1n) is 6.68. The number of hydrogen-bond acceptors (Lipinski definition) is 2. The fourth-order valence-corrected chi connectivity index (χ4v) is 2.57. The molecule has 0 spiro atoms. The van der Waals surface area contributed by atoms with E-state index in [1.165, 1.54) is 0 Å². The molecule has 0 bridgehead atoms. The van der Waals surface area contributed by atoms with Crippen LogP contribution >= 0.6 is 24.0 Å². The van der Waals surface area contributed by atoms with Crippen LogP contribution in [-0.4, -0.2) is 4.98 Å². The first kappa shape index (κ1) is 16.3. The van der Waals surface area contributed by atoms with Crippen molar-refractivity contribution in [2.75, 3.05) is 0 Å². The largest absolute Gasteiger partial charge is 0.248 e. The van der Waals surface area contributed by atoms with E-state index in [-0.39, 0.29) is 12.4 Å². The molecule has 0 aliphatic heterocycles. The summed E-state index contributed by atoms with van der Waals surface area (Å²) in [6.45, 7) is 2.04. The third kappa shape index (κ3) is 3.06. The number of aromatic nitrogens is 1. The highest BCUT2D eigenvalue weighted by molar-refractivity contribution is 6.17. The minimum Gasteiger partial charge on any atom is -0.248 e. The maximum Gasteiger partial charge on any atom is 0.0991 e. The predicted molar refractivity (Wildman–Crippen MR) is 93.4 cm³/mol. The average Bonchev–Trinajstić information content (AvgIpc) is 2.53. The van der Waals surface area contributed by atoms with Crippen LogP contribution in [0.5, 0.6) is 0 Å². The fourth-order valence-electron chi connectivity index (χ4n) is 2.40. The summed E-state index contributed by atoms with van der Waals surface area (Å²) in [6, 6.07) is 17.9. The third-order valence-corrected chi connectivity index (χ3v) is 3.82. The molecule has 4 heteroatoms. The van der Waals surface area contributed by atoms with Crippen molar-refractivity contribution in [3.63, 3.8) is 0 Å². The summed E-state index contributed by atoms with van der Waals surface area (Å²) >= 11 is 5.82. The molecule has 110 valence electrons. The van der Waals surface area contributed by atoms with E-state index in [2.05, 4.69) is 12.1 Å². The van der Waals surface area contributed by atoms with Crippen LogP contribution in [0.15, 0.2) is 48.5 Å². The monoisotopic (exact) mass is 328 g/mol. The number of nitriles is 1. The summed E-state index contributed by atoms with van der Waals surface area (Å²) in [5.41, 5.74) is 5.79. The zero-order chi connectivity index (χ0) is 14.8. The van der Waals surface area contributed by atoms with Gasteiger partial charge in [0.05, 0.1) is 22.8 Å². The maximum absolute atomic E-state index is 8.97. The molecule has 3 rings (SSSR count). The van der Waals surface area contributed by atoms with Crippen molar-refractivity contribution in [2.24, 2.45) is 0 Å². The van der Waals surface area contributed by atoms with Crippen molar-refractivity contribution in [1.29, 1.82) is 5.26 Å². The summed E-state index contributed by atoms with van der Waals surface area (Å²) in [5.74, 6) is 0.515. The number of pyridine rings is 1. The summed E-state index contributed by atoms with van der Waals surface area (Å²) in [7, 11) is 0. The SMILES string of the molecule is Cc1cc2cc(C#N)ccc2nc1-c1ccc(CCl)cc1.Cl. The van der Waals surface area contributed by atoms with E-state index in [0.717, 1.165) is 33.3 Å². The molecule has 0 saturated heterocycles. The van der Waals surface area contributed by atoms with Gasteiger partial charge in [0.2, 0.25) is 0 Å². The molecular weight excluding hydrogens is 315 g/mol. The van der Waals surface area contributed by atoms with Gasteiger partial charge in [-0.1, -0.05) is 24.3 Å². The van der Waals surface area contributed by atoms with Crippen molar-refractivity contribution >= 4 is 34.9 Å². The lowest BCUT2D eigenvalue weighted by Crippen LogP contribution is -1.91. The molecule has 0 radical (unpaired) electrons. The molecule has 1 aromatic heterocycles. The fraction of sp³-hybridized carbons (Fsp3) is 0.111. The first-order valence-corrected chi connectivity index (χ1v) is 7.21. The minimum absolute atomic E-state index is 0. The van der Waals surface area contributed by atoms with Crippen molar-refractivity contribution < 1.29 is 0 Å². The van der Waals surface area contributed by atoms with E-state index < -0.39 is 0 Å². The highest BCUT2D eigenvalue weighted by atomic mass is 35.5. The quantitative estimate of drug-likeness (QED) is 0.603. The number of hydrogen-bond donors (Lipinski definition) is 0. The molecule has 1 heterocycles. The Morgan fingerprint density at radius 3 is 2.45 bits per heavy atom. The van der Waals surface area contributed by atoms with Gasteiger partial charge in [-0.25, -0.2) is 4.98 Å². The number of aryl methyl sites for hydroxylation is 1. The second-order valence-corrected chi connectivity index (χ2v) is 5.27. The molecule has 0 aliphatic rings. The van der Waals surface area contributed by atoms with Gasteiger partial charge in [0.1, 0.15) is 0 Å². The first-order chi connectivity index (χ1) is 10.2. The lowest BCUT2D eigenvalue weighted by Gasteiger charge is -2.08. The van der Waals surface area contributed by atoms with Gasteiger partial charge < -0.3 is 0 Å². The molecule has 2 aromatic carbocycles. The van der Waals surface area contributed by atoms with Gasteiger partial charge in [-0.3, -0.25) is 0 Å². The minimum atomic E-state index is 0. The normalized spacial score (nSPS) is 10.0. The van der Waals surface area contributed by atoms with Gasteiger partial charge >= 0.3 is 0 Å². The second kappa shape index (κ2) is 6.79. The van der Waals surface area contributed by atoms with E-state index in [1.54, 1.807) is 6.07 Å². The Morgan fingerprint density at radius 1 is 1.09 bits per heavy atom. The molecule has 0 amide bonds. The molecule has 0 N–H and O–H groups in total. The summed E-state index contributed by atoms with van der Waals surface area (Å²) in [5, 5.41) is 9.96. The Labute approximate surface area is 140 Å². The second-order valence-electron chi connectivity index (χ2n) is 5.00. The van der Waals surface area contributed by atoms with E-state index in [0.29, 0.717) is 11.4 Å². The van der Waals surface area contributed by atoms with Crippen LogP contribution in [0.1, 0.15) is 16.7 Å². The van der Waals surface area contributed by atoms with Crippen LogP contribution in [-0.2, 0) is 5.88 Å². The van der Waals surface area contributed by atoms with Crippen LogP contribution in [0.25, 0.3) is 22.2 Å². The van der Waals surface area contributed by atoms with Crippen molar-refractivity contribution in [3.05, 3.63) is 65.2 Å². The van der Waals surface area contributed by atoms with Crippen molar-refractivity contribution in [3.8, 4) is 17.3 Å². The van der Waals surface area contributed by atoms with E-state index >= 15 is 0 Å². The maximum atomic E-state index is 8.97. The summed E-state index contributed by atoms with van der Waals surface area (Å²) in [4.78, 5) is 4.73. The molecule has 0 aliphatic carbocycles. The number of nitrogens with zero attached hydrogens (tertiary/aromatic N) is 2. The lowest BCUT2D eigenvalue weighted by atomic mass is 10.0. The molecular formula is C18H14Cl2N2. The third-order valence-electron chi connectivity index (χ3n) is 3.52. The Morgan fingerprint density at radius 2 is 1.82 bits per heavy atom. The zero-order valence-corrected chi connectivity index (χ0v) is 13.6. The molecule has 3 aromatic rings. The molecule has 0 saturated carbocycles. The lowest BCUT2D eigenvalue weighted by molar-refractivity contribution is 1.32. The summed E-state index contributed by atoms with van der Waals surface area (Å²) < 4.78 is 0. The van der Waals surface area contributed by atoms with Gasteiger partial charge in [0.15, 0.2) is 0 Å². The van der Waals surface area contributed by atoms with Crippen LogP contribution < -0.4 is 0 Å². The van der Waals surface area contributed by atoms with E-state index in [1.807, 2.05) is 43.3 Å². The molecule has 22 heavy (non-hydrogen) atoms. The van der Waals surface area contributed by atoms with Crippen LogP contribution in [0.4, 0.5) is 0 Å². The number of rotatable bonds is 2. The Bertz CT molecular complexity index is 849. The number of benzene rings is 2. The van der Waals surface area contributed by atoms with Gasteiger partial charge in [0, 0.05) is 16.8 Å². The van der Waals surface area contributed by atoms with Crippen LogP contribution in [0.3, 0.4) is 0 Å². The average molecular weight is 329 g/mol. The smallest absolute Gasteiger partial charge is 0.0991 e. The summed E-state index contributed by atoms with van der Waals surface area (Å²) in [6.07, 6.45) is 0. The Hall–Kier alpha value is -2.08. The van der Waals surface area contributed by atoms with Crippen molar-refractivity contribution in [1.82, 2.24) is 4.98 Å². The molecule has 0 atom stereocenters. The highest BCUT2D eigenvalue weighted by Crippen LogP contribution is 2.26. The highest BCUT2D eigenvalue weighted by Gasteiger charge is 2.07. The Kier molecular flexibility index (Phi) is 5.03. The number of alkyl halides is 1. The van der Waals surface area contributed by atoms with Gasteiger partial charge in [-0.05, 0) is 42.3 Å². The predicted octanol–water partition coefficient (Wildman–Crippen LogP) is 5.24.